The summed E-state index contributed by atoms with van der Waals surface area (Å²) in [6.45, 7) is -0.138. The number of amides is 1. The predicted molar refractivity (Wildman–Crippen MR) is 123 cm³/mol. The number of nitrogens with two attached hydrogens (primary N) is 1. The molecule has 0 aliphatic heterocycles. The van der Waals surface area contributed by atoms with E-state index in [0.29, 0.717) is 45.1 Å². The minimum absolute atomic E-state index is 0. The van der Waals surface area contributed by atoms with Crippen LogP contribution in [0.2, 0.25) is 0 Å². The molecule has 1 amide bonds. The van der Waals surface area contributed by atoms with Gasteiger partial charge in [-0.15, -0.1) is 0 Å². The van der Waals surface area contributed by atoms with E-state index in [1.54, 1.807) is 0 Å². The van der Waals surface area contributed by atoms with E-state index < -0.39 is 32.1 Å². The molecule has 0 saturated heterocycles. The smallest absolute Gasteiger partial charge is 0.778 e. The standard InChI is InChI=1S/C24H39N2O6P.2Li/c25-17-9-7-16-22(24(29)26(19-23(27)28)21-14-5-2-6-15-21)32-33(30,31)18-10-8-13-20-11-3-1-4-12-20;;/h1,3-4,11-12,21-22H,2,5-10,13-19,25H2,(H,27,28)(H,30,31);;/q;2*+1/p-2/t22-;;/m0../s1. The molecule has 0 heterocycles. The third-order valence-electron chi connectivity index (χ3n) is 6.07. The first-order valence-electron chi connectivity index (χ1n) is 12.0. The molecule has 1 aromatic carbocycles. The van der Waals surface area contributed by atoms with Crippen LogP contribution in [0.5, 0.6) is 0 Å². The Hall–Kier alpha value is -0.535. The molecule has 1 aliphatic rings. The number of aliphatic carboxylic acids is 1. The van der Waals surface area contributed by atoms with Crippen LogP contribution >= 0.6 is 7.60 Å². The maximum atomic E-state index is 13.3. The van der Waals surface area contributed by atoms with E-state index in [1.165, 1.54) is 4.90 Å². The van der Waals surface area contributed by atoms with E-state index in [2.05, 4.69) is 0 Å². The van der Waals surface area contributed by atoms with Crippen molar-refractivity contribution in [2.24, 2.45) is 5.73 Å². The molecule has 11 heteroatoms. The van der Waals surface area contributed by atoms with Crippen molar-refractivity contribution in [3.63, 3.8) is 0 Å². The summed E-state index contributed by atoms with van der Waals surface area (Å²) >= 11 is 0. The number of unbranched alkanes of at least 4 members (excludes halogenated alkanes) is 2. The summed E-state index contributed by atoms with van der Waals surface area (Å²) < 4.78 is 18.1. The van der Waals surface area contributed by atoms with Crippen LogP contribution in [-0.2, 0) is 25.1 Å². The molecule has 1 saturated carbocycles. The van der Waals surface area contributed by atoms with Crippen LogP contribution < -0.4 is 53.5 Å². The molecule has 1 aromatic rings. The fourth-order valence-electron chi connectivity index (χ4n) is 4.32. The number of carboxylic acids is 1. The predicted octanol–water partition coefficient (Wildman–Crippen LogP) is -4.00. The Bertz CT molecular complexity index is 781. The first kappa shape index (κ1) is 34.5. The monoisotopic (exact) mass is 494 g/mol. The molecule has 2 N–H and O–H groups in total. The number of carbonyl (C=O) groups excluding carboxylic acids is 2. The third kappa shape index (κ3) is 13.5. The molecule has 8 nitrogen and oxygen atoms in total. The minimum atomic E-state index is -4.28. The van der Waals surface area contributed by atoms with Gasteiger partial charge in [0.25, 0.3) is 5.91 Å². The van der Waals surface area contributed by atoms with Crippen LogP contribution in [0.15, 0.2) is 30.3 Å². The zero-order chi connectivity index (χ0) is 24.1. The SMILES string of the molecule is NCCCC[C@H](OP(=O)([O-])CCCCc1ccccc1)C(=O)N(CC(=O)[O-])C1CCCCC1.[Li+].[Li+]. The Morgan fingerprint density at radius 2 is 1.71 bits per heavy atom. The van der Waals surface area contributed by atoms with E-state index in [4.69, 9.17) is 10.3 Å². The second-order valence-corrected chi connectivity index (χ2v) is 10.7. The van der Waals surface area contributed by atoms with Gasteiger partial charge in [0, 0.05) is 12.2 Å². The van der Waals surface area contributed by atoms with Gasteiger partial charge in [-0.2, -0.15) is 0 Å². The van der Waals surface area contributed by atoms with E-state index in [9.17, 15) is 24.2 Å². The third-order valence-corrected chi connectivity index (χ3v) is 7.51. The van der Waals surface area contributed by atoms with Crippen LogP contribution in [0, 0.1) is 0 Å². The number of hydrogen-bond donors (Lipinski definition) is 1. The van der Waals surface area contributed by atoms with Crippen molar-refractivity contribution >= 4 is 19.5 Å². The fourth-order valence-corrected chi connectivity index (χ4v) is 5.62. The topological polar surface area (TPSA) is 136 Å². The summed E-state index contributed by atoms with van der Waals surface area (Å²) in [6, 6.07) is 9.58. The van der Waals surface area contributed by atoms with Crippen molar-refractivity contribution in [1.82, 2.24) is 4.90 Å². The van der Waals surface area contributed by atoms with Gasteiger partial charge in [0.2, 0.25) is 0 Å². The molecule has 0 bridgehead atoms. The zero-order valence-electron chi connectivity index (χ0n) is 21.4. The Kier molecular flexibility index (Phi) is 18.4. The summed E-state index contributed by atoms with van der Waals surface area (Å²) in [5.41, 5.74) is 6.69. The minimum Gasteiger partial charge on any atom is -0.778 e. The van der Waals surface area contributed by atoms with Crippen molar-refractivity contribution in [2.45, 2.75) is 82.8 Å². The molecular weight excluding hydrogens is 457 g/mol. The molecule has 2 atom stereocenters. The van der Waals surface area contributed by atoms with Crippen molar-refractivity contribution in [1.29, 1.82) is 0 Å². The van der Waals surface area contributed by atoms with Gasteiger partial charge in [0.15, 0.2) is 0 Å². The normalized spacial score (nSPS) is 16.3. The number of hydrogen-bond acceptors (Lipinski definition) is 7. The maximum absolute atomic E-state index is 13.3. The zero-order valence-corrected chi connectivity index (χ0v) is 22.3. The Morgan fingerprint density at radius 3 is 2.31 bits per heavy atom. The molecule has 186 valence electrons. The van der Waals surface area contributed by atoms with Crippen LogP contribution in [0.3, 0.4) is 0 Å². The molecular formula is C24H37Li2N2O6P. The van der Waals surface area contributed by atoms with Crippen LogP contribution in [-0.4, -0.2) is 48.2 Å². The van der Waals surface area contributed by atoms with Crippen molar-refractivity contribution < 1.29 is 66.4 Å². The van der Waals surface area contributed by atoms with Crippen molar-refractivity contribution in [3.05, 3.63) is 35.9 Å². The maximum Gasteiger partial charge on any atom is 1.00 e. The number of rotatable bonds is 15. The Morgan fingerprint density at radius 1 is 1.06 bits per heavy atom. The molecule has 0 spiro atoms. The largest absolute Gasteiger partial charge is 1.00 e. The first-order chi connectivity index (χ1) is 15.8. The number of carbonyl (C=O) groups is 2. The average molecular weight is 494 g/mol. The summed E-state index contributed by atoms with van der Waals surface area (Å²) in [4.78, 5) is 38.6. The molecule has 0 radical (unpaired) electrons. The molecule has 1 fully saturated rings. The van der Waals surface area contributed by atoms with E-state index in [-0.39, 0.29) is 56.3 Å². The summed E-state index contributed by atoms with van der Waals surface area (Å²) in [6.07, 6.45) is 6.05. The molecule has 1 aliphatic carbocycles. The molecule has 0 aromatic heterocycles. The van der Waals surface area contributed by atoms with Gasteiger partial charge >= 0.3 is 37.7 Å². The van der Waals surface area contributed by atoms with Crippen LogP contribution in [0.25, 0.3) is 0 Å². The van der Waals surface area contributed by atoms with Crippen LogP contribution in [0.4, 0.5) is 0 Å². The van der Waals surface area contributed by atoms with Gasteiger partial charge in [0.1, 0.15) is 13.7 Å². The molecule has 35 heavy (non-hydrogen) atoms. The van der Waals surface area contributed by atoms with E-state index in [1.807, 2.05) is 30.3 Å². The van der Waals surface area contributed by atoms with Gasteiger partial charge in [-0.1, -0.05) is 49.6 Å². The fraction of sp³-hybridized carbons (Fsp3) is 0.667. The second kappa shape index (κ2) is 18.7. The van der Waals surface area contributed by atoms with Crippen LogP contribution in [0.1, 0.15) is 69.8 Å². The Labute approximate surface area is 233 Å². The first-order valence-corrected chi connectivity index (χ1v) is 13.8. The van der Waals surface area contributed by atoms with E-state index in [0.717, 1.165) is 31.2 Å². The average Bonchev–Trinajstić information content (AvgIpc) is 2.80. The summed E-state index contributed by atoms with van der Waals surface area (Å²) in [5, 5.41) is 11.3. The number of benzene rings is 1. The van der Waals surface area contributed by atoms with Crippen molar-refractivity contribution in [2.75, 3.05) is 19.3 Å². The summed E-state index contributed by atoms with van der Waals surface area (Å²) in [5.74, 6) is -1.94. The number of nitrogens with zero attached hydrogens (tertiary/aromatic N) is 1. The summed E-state index contributed by atoms with van der Waals surface area (Å²) in [7, 11) is -4.28. The van der Waals surface area contributed by atoms with Crippen molar-refractivity contribution in [3.8, 4) is 0 Å². The van der Waals surface area contributed by atoms with Gasteiger partial charge in [-0.3, -0.25) is 4.79 Å². The Balaban J connectivity index is 0.00000578. The van der Waals surface area contributed by atoms with Gasteiger partial charge in [-0.25, -0.2) is 0 Å². The quantitative estimate of drug-likeness (QED) is 0.149. The van der Waals surface area contributed by atoms with Gasteiger partial charge in [-0.05, 0) is 63.5 Å². The number of aryl methyl sites for hydroxylation is 1. The van der Waals surface area contributed by atoms with E-state index >= 15 is 0 Å². The second-order valence-electron chi connectivity index (χ2n) is 8.79. The number of carboxylic acid groups (broad SMARTS) is 1. The van der Waals surface area contributed by atoms with Gasteiger partial charge < -0.3 is 34.5 Å². The van der Waals surface area contributed by atoms with Gasteiger partial charge in [0.05, 0.1) is 12.5 Å². The molecule has 2 rings (SSSR count). The molecule has 1 unspecified atom stereocenters.